The molecule has 1 atom stereocenters. The molecule has 0 aromatic heterocycles. The Balaban J connectivity index is 4.15. The molecule has 0 aliphatic heterocycles. The first kappa shape index (κ1) is 11.4. The van der Waals surface area contributed by atoms with Crippen molar-refractivity contribution in [2.75, 3.05) is 6.61 Å². The summed E-state index contributed by atoms with van der Waals surface area (Å²) in [5, 5.41) is 16.9. The van der Waals surface area contributed by atoms with Gasteiger partial charge in [0.05, 0.1) is 12.5 Å². The Morgan fingerprint density at radius 1 is 1.50 bits per heavy atom. The quantitative estimate of drug-likeness (QED) is 0.504. The second kappa shape index (κ2) is 4.42. The van der Waals surface area contributed by atoms with Crippen LogP contribution >= 0.6 is 0 Å². The first-order chi connectivity index (χ1) is 5.39. The van der Waals surface area contributed by atoms with Gasteiger partial charge in [-0.15, -0.1) is 0 Å². The SMILES string of the molecule is CC(C)(C)C(CCOO)C(=O)O. The molecule has 0 radical (unpaired) electrons. The predicted octanol–water partition coefficient (Wildman–Crippen LogP) is 1.61. The first-order valence-electron chi connectivity index (χ1n) is 3.88. The van der Waals surface area contributed by atoms with Gasteiger partial charge in [-0.3, -0.25) is 10.1 Å². The van der Waals surface area contributed by atoms with E-state index in [1.807, 2.05) is 20.8 Å². The van der Waals surface area contributed by atoms with Gasteiger partial charge in [-0.1, -0.05) is 20.8 Å². The third-order valence-electron chi connectivity index (χ3n) is 1.84. The van der Waals surface area contributed by atoms with Crippen LogP contribution in [0.25, 0.3) is 0 Å². The summed E-state index contributed by atoms with van der Waals surface area (Å²) in [5.74, 6) is -1.33. The fourth-order valence-electron chi connectivity index (χ4n) is 1.10. The van der Waals surface area contributed by atoms with E-state index in [-0.39, 0.29) is 12.0 Å². The molecule has 0 aliphatic rings. The largest absolute Gasteiger partial charge is 0.481 e. The van der Waals surface area contributed by atoms with E-state index in [1.165, 1.54) is 0 Å². The molecule has 0 heterocycles. The number of hydrogen-bond donors (Lipinski definition) is 2. The van der Waals surface area contributed by atoms with Crippen LogP contribution in [0.2, 0.25) is 0 Å². The zero-order valence-corrected chi connectivity index (χ0v) is 7.70. The van der Waals surface area contributed by atoms with Crippen molar-refractivity contribution in [3.63, 3.8) is 0 Å². The number of carbonyl (C=O) groups is 1. The molecule has 12 heavy (non-hydrogen) atoms. The van der Waals surface area contributed by atoms with Gasteiger partial charge >= 0.3 is 5.97 Å². The summed E-state index contributed by atoms with van der Waals surface area (Å²) in [4.78, 5) is 14.6. The summed E-state index contributed by atoms with van der Waals surface area (Å²) in [5.41, 5.74) is -0.301. The lowest BCUT2D eigenvalue weighted by Crippen LogP contribution is -2.29. The molecule has 0 amide bonds. The fraction of sp³-hybridized carbons (Fsp3) is 0.875. The maximum atomic E-state index is 10.7. The molecule has 0 saturated carbocycles. The molecule has 2 N–H and O–H groups in total. The van der Waals surface area contributed by atoms with Gasteiger partial charge in [0.2, 0.25) is 0 Å². The molecular weight excluding hydrogens is 160 g/mol. The number of hydrogen-bond acceptors (Lipinski definition) is 3. The Bertz CT molecular complexity index is 148. The van der Waals surface area contributed by atoms with Crippen molar-refractivity contribution in [2.45, 2.75) is 27.2 Å². The molecule has 0 aliphatic carbocycles. The first-order valence-corrected chi connectivity index (χ1v) is 3.88. The summed E-state index contributed by atoms with van der Waals surface area (Å²) in [6, 6.07) is 0. The molecule has 0 saturated heterocycles. The van der Waals surface area contributed by atoms with Crippen LogP contribution in [0.1, 0.15) is 27.2 Å². The average Bonchev–Trinajstić information content (AvgIpc) is 1.84. The molecule has 0 aromatic carbocycles. The number of rotatable bonds is 4. The van der Waals surface area contributed by atoms with E-state index in [0.29, 0.717) is 6.42 Å². The van der Waals surface area contributed by atoms with Crippen LogP contribution in [0.3, 0.4) is 0 Å². The highest BCUT2D eigenvalue weighted by Gasteiger charge is 2.30. The predicted molar refractivity (Wildman–Crippen MR) is 43.8 cm³/mol. The molecule has 0 aromatic rings. The van der Waals surface area contributed by atoms with Crippen LogP contribution in [-0.2, 0) is 9.68 Å². The topological polar surface area (TPSA) is 66.8 Å². The van der Waals surface area contributed by atoms with Gasteiger partial charge in [0, 0.05) is 0 Å². The monoisotopic (exact) mass is 176 g/mol. The second-order valence-corrected chi connectivity index (χ2v) is 3.88. The van der Waals surface area contributed by atoms with Gasteiger partial charge < -0.3 is 5.11 Å². The molecule has 72 valence electrons. The Hall–Kier alpha value is -0.610. The summed E-state index contributed by atoms with van der Waals surface area (Å²) >= 11 is 0. The minimum atomic E-state index is -0.848. The standard InChI is InChI=1S/C8H16O4/c1-8(2,3)6(7(9)10)4-5-12-11/h6,11H,4-5H2,1-3H3,(H,9,10). The summed E-state index contributed by atoms with van der Waals surface area (Å²) in [6.45, 7) is 5.61. The van der Waals surface area contributed by atoms with Gasteiger partial charge in [-0.2, -0.15) is 0 Å². The van der Waals surface area contributed by atoms with Gasteiger partial charge in [-0.05, 0) is 11.8 Å². The average molecular weight is 176 g/mol. The molecule has 0 rings (SSSR count). The minimum Gasteiger partial charge on any atom is -0.481 e. The second-order valence-electron chi connectivity index (χ2n) is 3.88. The highest BCUT2D eigenvalue weighted by molar-refractivity contribution is 5.70. The van der Waals surface area contributed by atoms with Crippen LogP contribution in [-0.4, -0.2) is 22.9 Å². The molecule has 4 heteroatoms. The van der Waals surface area contributed by atoms with Crippen molar-refractivity contribution in [3.8, 4) is 0 Å². The molecule has 4 nitrogen and oxygen atoms in total. The van der Waals surface area contributed by atoms with Crippen LogP contribution in [0.15, 0.2) is 0 Å². The van der Waals surface area contributed by atoms with E-state index in [9.17, 15) is 4.79 Å². The van der Waals surface area contributed by atoms with Crippen LogP contribution in [0.4, 0.5) is 0 Å². The maximum Gasteiger partial charge on any atom is 0.307 e. The van der Waals surface area contributed by atoms with Gasteiger partial charge in [0.1, 0.15) is 0 Å². The summed E-state index contributed by atoms with van der Waals surface area (Å²) in [7, 11) is 0. The molecule has 0 spiro atoms. The lowest BCUT2D eigenvalue weighted by Gasteiger charge is -2.26. The molecule has 1 unspecified atom stereocenters. The van der Waals surface area contributed by atoms with E-state index < -0.39 is 11.9 Å². The number of carboxylic acid groups (broad SMARTS) is 1. The van der Waals surface area contributed by atoms with Gasteiger partial charge in [0.25, 0.3) is 0 Å². The lowest BCUT2D eigenvalue weighted by molar-refractivity contribution is -0.245. The smallest absolute Gasteiger partial charge is 0.307 e. The van der Waals surface area contributed by atoms with E-state index in [1.54, 1.807) is 0 Å². The van der Waals surface area contributed by atoms with Crippen molar-refractivity contribution in [3.05, 3.63) is 0 Å². The third kappa shape index (κ3) is 3.69. The van der Waals surface area contributed by atoms with E-state index in [0.717, 1.165) is 0 Å². The molecule has 0 bridgehead atoms. The Morgan fingerprint density at radius 2 is 2.00 bits per heavy atom. The zero-order valence-electron chi connectivity index (χ0n) is 7.70. The Kier molecular flexibility index (Phi) is 4.20. The highest BCUT2D eigenvalue weighted by atomic mass is 17.1. The van der Waals surface area contributed by atoms with Crippen LogP contribution in [0, 0.1) is 11.3 Å². The molecular formula is C8H16O4. The van der Waals surface area contributed by atoms with Crippen LogP contribution in [0.5, 0.6) is 0 Å². The number of aliphatic carboxylic acids is 1. The fourth-order valence-corrected chi connectivity index (χ4v) is 1.10. The summed E-state index contributed by atoms with van der Waals surface area (Å²) in [6.07, 6.45) is 0.329. The zero-order chi connectivity index (χ0) is 9.78. The molecule has 0 fully saturated rings. The Morgan fingerprint density at radius 3 is 2.25 bits per heavy atom. The third-order valence-corrected chi connectivity index (χ3v) is 1.84. The normalized spacial score (nSPS) is 14.3. The highest BCUT2D eigenvalue weighted by Crippen LogP contribution is 2.28. The number of carboxylic acids is 1. The van der Waals surface area contributed by atoms with Crippen molar-refractivity contribution in [1.82, 2.24) is 0 Å². The van der Waals surface area contributed by atoms with Gasteiger partial charge in [0.15, 0.2) is 0 Å². The van der Waals surface area contributed by atoms with Crippen LogP contribution < -0.4 is 0 Å². The van der Waals surface area contributed by atoms with E-state index >= 15 is 0 Å². The van der Waals surface area contributed by atoms with Crippen molar-refractivity contribution in [2.24, 2.45) is 11.3 Å². The van der Waals surface area contributed by atoms with Crippen molar-refractivity contribution < 1.29 is 20.0 Å². The van der Waals surface area contributed by atoms with Gasteiger partial charge in [-0.25, -0.2) is 4.89 Å². The minimum absolute atomic E-state index is 0.0637. The van der Waals surface area contributed by atoms with E-state index in [2.05, 4.69) is 4.89 Å². The van der Waals surface area contributed by atoms with Crippen molar-refractivity contribution in [1.29, 1.82) is 0 Å². The summed E-state index contributed by atoms with van der Waals surface area (Å²) < 4.78 is 0. The van der Waals surface area contributed by atoms with Crippen molar-refractivity contribution >= 4 is 5.97 Å². The lowest BCUT2D eigenvalue weighted by atomic mass is 9.79. The maximum absolute atomic E-state index is 10.7. The Labute approximate surface area is 72.1 Å². The van der Waals surface area contributed by atoms with E-state index in [4.69, 9.17) is 10.4 Å².